The highest BCUT2D eigenvalue weighted by atomic mass is 32.1. The van der Waals surface area contributed by atoms with Gasteiger partial charge in [-0.05, 0) is 18.9 Å². The lowest BCUT2D eigenvalue weighted by molar-refractivity contribution is 0.0742. The Balaban J connectivity index is 1.96. The number of hydrogen-bond acceptors (Lipinski definition) is 3. The van der Waals surface area contributed by atoms with E-state index < -0.39 is 0 Å². The van der Waals surface area contributed by atoms with Gasteiger partial charge in [0.15, 0.2) is 0 Å². The van der Waals surface area contributed by atoms with Crippen molar-refractivity contribution in [3.63, 3.8) is 0 Å². The van der Waals surface area contributed by atoms with Gasteiger partial charge in [-0.1, -0.05) is 30.4 Å². The lowest BCUT2D eigenvalue weighted by atomic mass is 10.00. The normalized spacial score (nSPS) is 19.2. The van der Waals surface area contributed by atoms with Crippen LogP contribution in [0.25, 0.3) is 10.9 Å². The summed E-state index contributed by atoms with van der Waals surface area (Å²) in [5, 5.41) is 10.8. The molecule has 1 fully saturated rings. The van der Waals surface area contributed by atoms with Crippen LogP contribution in [0.15, 0.2) is 30.5 Å². The van der Waals surface area contributed by atoms with Gasteiger partial charge in [0.25, 0.3) is 0 Å². The average molecular weight is 289 g/mol. The minimum atomic E-state index is -0.193. The van der Waals surface area contributed by atoms with Gasteiger partial charge in [0.05, 0.1) is 17.1 Å². The highest BCUT2D eigenvalue weighted by Gasteiger charge is 2.28. The van der Waals surface area contributed by atoms with Gasteiger partial charge in [-0.3, -0.25) is 4.90 Å². The van der Waals surface area contributed by atoms with Crippen LogP contribution in [0.3, 0.4) is 0 Å². The molecule has 0 spiro atoms. The van der Waals surface area contributed by atoms with E-state index in [4.69, 9.17) is 18.0 Å². The Morgan fingerprint density at radius 1 is 1.35 bits per heavy atom. The van der Waals surface area contributed by atoms with Crippen LogP contribution in [-0.4, -0.2) is 39.2 Å². The summed E-state index contributed by atoms with van der Waals surface area (Å²) < 4.78 is 0. The number of nitrogens with one attached hydrogen (secondary N) is 1. The first-order valence-corrected chi connectivity index (χ1v) is 7.35. The topological polar surface area (TPSA) is 65.3 Å². The standard InChI is InChI=1S/C15H19N3OS/c16-15(20)14(18-7-5-10(19)6-8-18)12-9-17-13-4-2-1-3-11(12)13/h1-4,9-10,14,17,19H,5-8H2,(H2,16,20). The second-order valence-electron chi connectivity index (χ2n) is 5.36. The smallest absolute Gasteiger partial charge is 0.0949 e. The molecule has 0 amide bonds. The molecule has 0 radical (unpaired) electrons. The van der Waals surface area contributed by atoms with E-state index in [2.05, 4.69) is 22.0 Å². The largest absolute Gasteiger partial charge is 0.393 e. The minimum Gasteiger partial charge on any atom is -0.393 e. The molecule has 1 aliphatic rings. The van der Waals surface area contributed by atoms with Crippen molar-refractivity contribution in [3.05, 3.63) is 36.0 Å². The summed E-state index contributed by atoms with van der Waals surface area (Å²) in [7, 11) is 0. The van der Waals surface area contributed by atoms with Gasteiger partial charge in [-0.2, -0.15) is 0 Å². The molecule has 106 valence electrons. The number of fused-ring (bicyclic) bond motifs is 1. The molecule has 0 saturated carbocycles. The zero-order chi connectivity index (χ0) is 14.1. The summed E-state index contributed by atoms with van der Waals surface area (Å²) >= 11 is 5.30. The molecule has 4 nitrogen and oxygen atoms in total. The monoisotopic (exact) mass is 289 g/mol. The van der Waals surface area contributed by atoms with Crippen LogP contribution in [-0.2, 0) is 0 Å². The molecule has 0 bridgehead atoms. The Morgan fingerprint density at radius 2 is 2.05 bits per heavy atom. The number of aliphatic hydroxyl groups excluding tert-OH is 1. The second kappa shape index (κ2) is 5.52. The van der Waals surface area contributed by atoms with Gasteiger partial charge in [0, 0.05) is 35.8 Å². The van der Waals surface area contributed by atoms with Crippen molar-refractivity contribution in [1.82, 2.24) is 9.88 Å². The minimum absolute atomic E-state index is 0.0614. The van der Waals surface area contributed by atoms with Crippen molar-refractivity contribution in [1.29, 1.82) is 0 Å². The summed E-state index contributed by atoms with van der Waals surface area (Å²) in [5.41, 5.74) is 8.22. The Hall–Kier alpha value is -1.43. The van der Waals surface area contributed by atoms with E-state index in [9.17, 15) is 5.11 Å². The van der Waals surface area contributed by atoms with Gasteiger partial charge in [0.1, 0.15) is 0 Å². The molecule has 20 heavy (non-hydrogen) atoms. The highest BCUT2D eigenvalue weighted by Crippen LogP contribution is 2.30. The van der Waals surface area contributed by atoms with Crippen molar-refractivity contribution < 1.29 is 5.11 Å². The number of hydrogen-bond donors (Lipinski definition) is 3. The van der Waals surface area contributed by atoms with E-state index in [1.54, 1.807) is 0 Å². The number of rotatable bonds is 3. The van der Waals surface area contributed by atoms with E-state index >= 15 is 0 Å². The number of likely N-dealkylation sites (tertiary alicyclic amines) is 1. The maximum absolute atomic E-state index is 9.65. The fraction of sp³-hybridized carbons (Fsp3) is 0.400. The quantitative estimate of drug-likeness (QED) is 0.756. The van der Waals surface area contributed by atoms with Crippen molar-refractivity contribution in [2.75, 3.05) is 13.1 Å². The van der Waals surface area contributed by atoms with Gasteiger partial charge < -0.3 is 15.8 Å². The summed E-state index contributed by atoms with van der Waals surface area (Å²) in [6, 6.07) is 8.11. The number of aliphatic hydroxyl groups is 1. The van der Waals surface area contributed by atoms with Gasteiger partial charge in [0.2, 0.25) is 0 Å². The number of para-hydroxylation sites is 1. The third-order valence-electron chi connectivity index (χ3n) is 4.05. The molecule has 1 aliphatic heterocycles. The SMILES string of the molecule is NC(=S)C(c1c[nH]c2ccccc12)N1CCC(O)CC1. The zero-order valence-electron chi connectivity index (χ0n) is 11.2. The van der Waals surface area contributed by atoms with Crippen LogP contribution in [0.2, 0.25) is 0 Å². The zero-order valence-corrected chi connectivity index (χ0v) is 12.1. The van der Waals surface area contributed by atoms with Crippen molar-refractivity contribution in [2.45, 2.75) is 25.0 Å². The Bertz CT molecular complexity index is 616. The number of benzene rings is 1. The molecular weight excluding hydrogens is 270 g/mol. The summed E-state index contributed by atoms with van der Waals surface area (Å²) in [5.74, 6) is 0. The molecule has 5 heteroatoms. The lowest BCUT2D eigenvalue weighted by Gasteiger charge is -2.35. The van der Waals surface area contributed by atoms with E-state index in [0.717, 1.165) is 42.4 Å². The van der Waals surface area contributed by atoms with E-state index in [0.29, 0.717) is 4.99 Å². The van der Waals surface area contributed by atoms with Crippen LogP contribution >= 0.6 is 12.2 Å². The molecule has 1 saturated heterocycles. The Morgan fingerprint density at radius 3 is 2.75 bits per heavy atom. The molecule has 1 aromatic carbocycles. The first-order chi connectivity index (χ1) is 9.66. The van der Waals surface area contributed by atoms with Crippen molar-refractivity contribution in [2.24, 2.45) is 5.73 Å². The third kappa shape index (κ3) is 2.44. The van der Waals surface area contributed by atoms with Crippen molar-refractivity contribution >= 4 is 28.1 Å². The predicted molar refractivity (Wildman–Crippen MR) is 84.6 cm³/mol. The van der Waals surface area contributed by atoms with Crippen LogP contribution in [0.4, 0.5) is 0 Å². The first-order valence-electron chi connectivity index (χ1n) is 6.94. The van der Waals surface area contributed by atoms with E-state index in [1.807, 2.05) is 18.3 Å². The number of thiocarbonyl (C=S) groups is 1. The molecule has 1 unspecified atom stereocenters. The first kappa shape index (κ1) is 13.5. The Kier molecular flexibility index (Phi) is 3.74. The summed E-state index contributed by atoms with van der Waals surface area (Å²) in [4.78, 5) is 6.04. The molecule has 4 N–H and O–H groups in total. The molecule has 1 aromatic heterocycles. The van der Waals surface area contributed by atoms with Gasteiger partial charge in [-0.15, -0.1) is 0 Å². The van der Waals surface area contributed by atoms with Crippen LogP contribution in [0.5, 0.6) is 0 Å². The Labute approximate surface area is 123 Å². The van der Waals surface area contributed by atoms with Crippen LogP contribution in [0, 0.1) is 0 Å². The van der Waals surface area contributed by atoms with Gasteiger partial charge >= 0.3 is 0 Å². The highest BCUT2D eigenvalue weighted by molar-refractivity contribution is 7.80. The van der Waals surface area contributed by atoms with Crippen LogP contribution in [0.1, 0.15) is 24.4 Å². The molecule has 1 atom stereocenters. The molecule has 2 aromatic rings. The summed E-state index contributed by atoms with van der Waals surface area (Å²) in [6.07, 6.45) is 3.36. The lowest BCUT2D eigenvalue weighted by Crippen LogP contribution is -2.43. The van der Waals surface area contributed by atoms with Crippen molar-refractivity contribution in [3.8, 4) is 0 Å². The fourth-order valence-electron chi connectivity index (χ4n) is 2.99. The summed E-state index contributed by atoms with van der Waals surface area (Å²) in [6.45, 7) is 1.64. The molecule has 3 rings (SSSR count). The number of aromatic amines is 1. The van der Waals surface area contributed by atoms with E-state index in [-0.39, 0.29) is 12.1 Å². The fourth-order valence-corrected chi connectivity index (χ4v) is 3.27. The molecular formula is C15H19N3OS. The van der Waals surface area contributed by atoms with E-state index in [1.165, 1.54) is 0 Å². The van der Waals surface area contributed by atoms with Crippen LogP contribution < -0.4 is 5.73 Å². The number of nitrogens with zero attached hydrogens (tertiary/aromatic N) is 1. The second-order valence-corrected chi connectivity index (χ2v) is 5.83. The maximum Gasteiger partial charge on any atom is 0.0949 e. The predicted octanol–water partition coefficient (Wildman–Crippen LogP) is 1.95. The number of aromatic nitrogens is 1. The van der Waals surface area contributed by atoms with Gasteiger partial charge in [-0.25, -0.2) is 0 Å². The molecule has 2 heterocycles. The maximum atomic E-state index is 9.65. The number of piperidine rings is 1. The molecule has 0 aliphatic carbocycles. The third-order valence-corrected chi connectivity index (χ3v) is 4.27. The number of nitrogens with two attached hydrogens (primary N) is 1. The average Bonchev–Trinajstić information content (AvgIpc) is 2.85. The number of H-pyrrole nitrogens is 1.